The Kier molecular flexibility index (Phi) is 1.31. The molecular formula is C6H13NO2. The molecule has 1 rings (SSSR count). The van der Waals surface area contributed by atoms with Gasteiger partial charge in [-0.2, -0.15) is 0 Å². The van der Waals surface area contributed by atoms with E-state index in [2.05, 4.69) is 5.32 Å². The lowest BCUT2D eigenvalue weighted by atomic mass is 9.81. The van der Waals surface area contributed by atoms with Gasteiger partial charge in [-0.15, -0.1) is 0 Å². The maximum Gasteiger partial charge on any atom is 0.117 e. The van der Waals surface area contributed by atoms with Crippen LogP contribution in [0.3, 0.4) is 0 Å². The molecule has 0 spiro atoms. The first kappa shape index (κ1) is 6.99. The molecule has 1 fully saturated rings. The molecule has 1 aliphatic heterocycles. The highest BCUT2D eigenvalue weighted by molar-refractivity contribution is 5.03. The van der Waals surface area contributed by atoms with E-state index in [0.717, 1.165) is 0 Å². The van der Waals surface area contributed by atoms with Gasteiger partial charge in [-0.25, -0.2) is 0 Å². The minimum Gasteiger partial charge on any atom is -0.387 e. The van der Waals surface area contributed by atoms with E-state index >= 15 is 0 Å². The van der Waals surface area contributed by atoms with Crippen LogP contribution < -0.4 is 5.32 Å². The zero-order chi connectivity index (χ0) is 7.12. The fourth-order valence-electron chi connectivity index (χ4n) is 0.794. The Morgan fingerprint density at radius 1 is 1.44 bits per heavy atom. The Balaban J connectivity index is 2.59. The number of nitrogens with one attached hydrogen (secondary N) is 1. The van der Waals surface area contributed by atoms with Gasteiger partial charge in [0.1, 0.15) is 5.60 Å². The quantitative estimate of drug-likeness (QED) is 0.432. The fourth-order valence-corrected chi connectivity index (χ4v) is 0.794. The van der Waals surface area contributed by atoms with Crippen molar-refractivity contribution >= 4 is 0 Å². The SMILES string of the molecule is CC(C)(O)C1(O)CNC1. The van der Waals surface area contributed by atoms with Gasteiger partial charge in [0.25, 0.3) is 0 Å². The van der Waals surface area contributed by atoms with Crippen LogP contribution in [0.4, 0.5) is 0 Å². The van der Waals surface area contributed by atoms with Gasteiger partial charge in [0.2, 0.25) is 0 Å². The molecule has 0 bridgehead atoms. The van der Waals surface area contributed by atoms with Crippen molar-refractivity contribution in [1.29, 1.82) is 0 Å². The smallest absolute Gasteiger partial charge is 0.117 e. The summed E-state index contributed by atoms with van der Waals surface area (Å²) in [6, 6.07) is 0. The molecule has 9 heavy (non-hydrogen) atoms. The molecule has 0 amide bonds. The number of aliphatic hydroxyl groups is 2. The summed E-state index contributed by atoms with van der Waals surface area (Å²) in [7, 11) is 0. The molecule has 0 aromatic heterocycles. The lowest BCUT2D eigenvalue weighted by Crippen LogP contribution is -2.69. The molecule has 1 heterocycles. The molecule has 54 valence electrons. The van der Waals surface area contributed by atoms with Crippen molar-refractivity contribution in [3.8, 4) is 0 Å². The Bertz CT molecular complexity index is 113. The van der Waals surface area contributed by atoms with Gasteiger partial charge in [0.05, 0.1) is 5.60 Å². The summed E-state index contributed by atoms with van der Waals surface area (Å²) in [6.45, 7) is 4.23. The molecular weight excluding hydrogens is 118 g/mol. The van der Waals surface area contributed by atoms with Gasteiger partial charge >= 0.3 is 0 Å². The van der Waals surface area contributed by atoms with Crippen LogP contribution in [0, 0.1) is 0 Å². The lowest BCUT2D eigenvalue weighted by molar-refractivity contribution is -0.156. The van der Waals surface area contributed by atoms with Gasteiger partial charge in [0.15, 0.2) is 0 Å². The first-order chi connectivity index (χ1) is 3.96. The molecule has 3 heteroatoms. The first-order valence-electron chi connectivity index (χ1n) is 3.11. The van der Waals surface area contributed by atoms with Crippen molar-refractivity contribution in [3.63, 3.8) is 0 Å². The average molecular weight is 131 g/mol. The van der Waals surface area contributed by atoms with E-state index in [4.69, 9.17) is 0 Å². The van der Waals surface area contributed by atoms with E-state index in [1.165, 1.54) is 0 Å². The molecule has 0 radical (unpaired) electrons. The average Bonchev–Trinajstić information content (AvgIpc) is 1.57. The summed E-state index contributed by atoms with van der Waals surface area (Å²) in [4.78, 5) is 0. The Hall–Kier alpha value is -0.120. The molecule has 0 aromatic rings. The summed E-state index contributed by atoms with van der Waals surface area (Å²) in [5, 5.41) is 21.6. The molecule has 0 aliphatic carbocycles. The van der Waals surface area contributed by atoms with E-state index < -0.39 is 11.2 Å². The van der Waals surface area contributed by atoms with Crippen LogP contribution in [-0.4, -0.2) is 34.5 Å². The van der Waals surface area contributed by atoms with Crippen LogP contribution >= 0.6 is 0 Å². The highest BCUT2D eigenvalue weighted by atomic mass is 16.4. The van der Waals surface area contributed by atoms with Gasteiger partial charge in [-0.3, -0.25) is 0 Å². The highest BCUT2D eigenvalue weighted by Crippen LogP contribution is 2.24. The van der Waals surface area contributed by atoms with Crippen LogP contribution in [0.2, 0.25) is 0 Å². The highest BCUT2D eigenvalue weighted by Gasteiger charge is 2.46. The van der Waals surface area contributed by atoms with Gasteiger partial charge in [-0.05, 0) is 13.8 Å². The van der Waals surface area contributed by atoms with Gasteiger partial charge in [0, 0.05) is 13.1 Å². The van der Waals surface area contributed by atoms with E-state index in [1.807, 2.05) is 0 Å². The van der Waals surface area contributed by atoms with E-state index in [-0.39, 0.29) is 0 Å². The second kappa shape index (κ2) is 1.68. The Morgan fingerprint density at radius 3 is 1.89 bits per heavy atom. The number of β-amino-alcohol motifs (C(OH)–C–C–N with tert-alkyl or cyclic N) is 1. The summed E-state index contributed by atoms with van der Waals surface area (Å²) < 4.78 is 0. The second-order valence-corrected chi connectivity index (χ2v) is 3.19. The third-order valence-electron chi connectivity index (χ3n) is 1.97. The van der Waals surface area contributed by atoms with Crippen molar-refractivity contribution in [2.75, 3.05) is 13.1 Å². The Morgan fingerprint density at radius 2 is 1.89 bits per heavy atom. The molecule has 0 unspecified atom stereocenters. The van der Waals surface area contributed by atoms with Crippen LogP contribution in [0.1, 0.15) is 13.8 Å². The van der Waals surface area contributed by atoms with Gasteiger partial charge in [-0.1, -0.05) is 0 Å². The topological polar surface area (TPSA) is 52.5 Å². The largest absolute Gasteiger partial charge is 0.387 e. The van der Waals surface area contributed by atoms with Crippen LogP contribution in [0.15, 0.2) is 0 Å². The fraction of sp³-hybridized carbons (Fsp3) is 1.00. The van der Waals surface area contributed by atoms with E-state index in [9.17, 15) is 10.2 Å². The van der Waals surface area contributed by atoms with E-state index in [1.54, 1.807) is 13.8 Å². The normalized spacial score (nSPS) is 25.3. The minimum absolute atomic E-state index is 0.497. The summed E-state index contributed by atoms with van der Waals surface area (Å²) in [5.74, 6) is 0. The van der Waals surface area contributed by atoms with Crippen molar-refractivity contribution in [1.82, 2.24) is 5.32 Å². The summed E-state index contributed by atoms with van der Waals surface area (Å²) >= 11 is 0. The maximum atomic E-state index is 9.43. The summed E-state index contributed by atoms with van der Waals surface area (Å²) in [6.07, 6.45) is 0. The zero-order valence-corrected chi connectivity index (χ0v) is 5.81. The van der Waals surface area contributed by atoms with E-state index in [0.29, 0.717) is 13.1 Å². The Labute approximate surface area is 54.7 Å². The molecule has 0 aromatic carbocycles. The third-order valence-corrected chi connectivity index (χ3v) is 1.97. The summed E-state index contributed by atoms with van der Waals surface area (Å²) in [5.41, 5.74) is -1.87. The van der Waals surface area contributed by atoms with Crippen molar-refractivity contribution < 1.29 is 10.2 Å². The molecule has 3 N–H and O–H groups in total. The van der Waals surface area contributed by atoms with Crippen molar-refractivity contribution in [2.45, 2.75) is 25.0 Å². The molecule has 1 saturated heterocycles. The molecule has 1 aliphatic rings. The predicted molar refractivity (Wildman–Crippen MR) is 34.1 cm³/mol. The monoisotopic (exact) mass is 131 g/mol. The molecule has 0 saturated carbocycles. The molecule has 3 nitrogen and oxygen atoms in total. The number of rotatable bonds is 1. The zero-order valence-electron chi connectivity index (χ0n) is 5.81. The van der Waals surface area contributed by atoms with Crippen molar-refractivity contribution in [2.24, 2.45) is 0 Å². The minimum atomic E-state index is -0.974. The maximum absolute atomic E-state index is 9.43. The first-order valence-corrected chi connectivity index (χ1v) is 3.11. The lowest BCUT2D eigenvalue weighted by Gasteiger charge is -2.46. The molecule has 0 atom stereocenters. The van der Waals surface area contributed by atoms with Crippen LogP contribution in [-0.2, 0) is 0 Å². The number of hydrogen-bond donors (Lipinski definition) is 3. The second-order valence-electron chi connectivity index (χ2n) is 3.19. The standard InChI is InChI=1S/C6H13NO2/c1-5(2,8)6(9)3-7-4-6/h7-9H,3-4H2,1-2H3. The number of hydrogen-bond acceptors (Lipinski definition) is 3. The van der Waals surface area contributed by atoms with Crippen LogP contribution in [0.25, 0.3) is 0 Å². The van der Waals surface area contributed by atoms with Gasteiger partial charge < -0.3 is 15.5 Å². The van der Waals surface area contributed by atoms with Crippen LogP contribution in [0.5, 0.6) is 0 Å². The van der Waals surface area contributed by atoms with Crippen molar-refractivity contribution in [3.05, 3.63) is 0 Å². The predicted octanol–water partition coefficient (Wildman–Crippen LogP) is -0.908. The third kappa shape index (κ3) is 0.956.